The zero-order valence-corrected chi connectivity index (χ0v) is 19.0. The maximum absolute atomic E-state index is 12.6. The molecule has 0 aliphatic rings. The van der Waals surface area contributed by atoms with Gasteiger partial charge in [-0.25, -0.2) is 4.57 Å². The number of hydrogen-bond acceptors (Lipinski definition) is 3. The summed E-state index contributed by atoms with van der Waals surface area (Å²) in [5.41, 5.74) is 3.37. The Morgan fingerprint density at radius 2 is 1.67 bits per heavy atom. The zero-order valence-electron chi connectivity index (χ0n) is 17.5. The van der Waals surface area contributed by atoms with Crippen molar-refractivity contribution < 1.29 is 35.8 Å². The second-order valence-corrected chi connectivity index (χ2v) is 6.98. The van der Waals surface area contributed by atoms with E-state index in [9.17, 15) is 4.79 Å². The molecular formula is C25H28BrNO3. The van der Waals surface area contributed by atoms with Gasteiger partial charge in [-0.3, -0.25) is 4.79 Å². The molecular weight excluding hydrogens is 442 g/mol. The van der Waals surface area contributed by atoms with E-state index in [1.165, 1.54) is 5.56 Å². The normalized spacial score (nSPS) is 11.3. The smallest absolute Gasteiger partial charge is 0.313 e. The largest absolute Gasteiger partial charge is 1.00 e. The minimum atomic E-state index is -0.285. The quantitative estimate of drug-likeness (QED) is 0.350. The molecule has 0 saturated carbocycles. The first kappa shape index (κ1) is 23.6. The summed E-state index contributed by atoms with van der Waals surface area (Å²) in [5.74, 6) is 0.376. The Kier molecular flexibility index (Phi) is 9.55. The number of aromatic nitrogens is 1. The fourth-order valence-electron chi connectivity index (χ4n) is 3.40. The summed E-state index contributed by atoms with van der Waals surface area (Å²) in [6, 6.07) is 22.3. The van der Waals surface area contributed by atoms with Crippen molar-refractivity contribution in [2.24, 2.45) is 0 Å². The van der Waals surface area contributed by atoms with Crippen molar-refractivity contribution in [2.45, 2.75) is 32.2 Å². The summed E-state index contributed by atoms with van der Waals surface area (Å²) in [6.07, 6.45) is 5.52. The monoisotopic (exact) mass is 469 g/mol. The van der Waals surface area contributed by atoms with Crippen molar-refractivity contribution in [3.05, 3.63) is 95.8 Å². The number of benzene rings is 2. The molecule has 1 unspecified atom stereocenters. The van der Waals surface area contributed by atoms with Crippen molar-refractivity contribution in [2.75, 3.05) is 13.7 Å². The molecule has 30 heavy (non-hydrogen) atoms. The lowest BCUT2D eigenvalue weighted by Crippen LogP contribution is -3.00. The maximum atomic E-state index is 12.6. The van der Waals surface area contributed by atoms with Crippen LogP contribution in [-0.4, -0.2) is 19.7 Å². The molecule has 0 aliphatic carbocycles. The average molecular weight is 470 g/mol. The van der Waals surface area contributed by atoms with Crippen molar-refractivity contribution in [3.63, 3.8) is 0 Å². The Morgan fingerprint density at radius 1 is 0.967 bits per heavy atom. The number of rotatable bonds is 9. The summed E-state index contributed by atoms with van der Waals surface area (Å²) < 4.78 is 12.8. The molecule has 0 saturated heterocycles. The van der Waals surface area contributed by atoms with Crippen LogP contribution >= 0.6 is 0 Å². The number of ether oxygens (including phenoxy) is 2. The lowest BCUT2D eigenvalue weighted by atomic mass is 9.93. The molecule has 0 radical (unpaired) electrons. The van der Waals surface area contributed by atoms with Crippen molar-refractivity contribution in [1.82, 2.24) is 0 Å². The maximum Gasteiger partial charge on any atom is 0.313 e. The van der Waals surface area contributed by atoms with Gasteiger partial charge in [0, 0.05) is 17.7 Å². The predicted octanol–water partition coefficient (Wildman–Crippen LogP) is 1.31. The van der Waals surface area contributed by atoms with E-state index in [1.807, 2.05) is 67.8 Å². The van der Waals surface area contributed by atoms with Crippen LogP contribution in [0, 0.1) is 0 Å². The first-order chi connectivity index (χ1) is 14.2. The van der Waals surface area contributed by atoms with Crippen LogP contribution in [0.3, 0.4) is 0 Å². The molecule has 158 valence electrons. The molecule has 0 amide bonds. The first-order valence-corrected chi connectivity index (χ1v) is 10.0. The minimum Gasteiger partial charge on any atom is -1.00 e. The number of carbonyl (C=O) groups excluding carboxylic acids is 1. The Morgan fingerprint density at radius 3 is 2.33 bits per heavy atom. The SMILES string of the molecule is CCOC(=O)C(CCc1cccc(OC)c1)c1cc[n+](Cc2ccccc2)cc1.[Br-]. The summed E-state index contributed by atoms with van der Waals surface area (Å²) in [4.78, 5) is 12.6. The van der Waals surface area contributed by atoms with Crippen LogP contribution in [0.4, 0.5) is 0 Å². The van der Waals surface area contributed by atoms with Gasteiger partial charge in [-0.2, -0.15) is 0 Å². The second-order valence-electron chi connectivity index (χ2n) is 6.98. The van der Waals surface area contributed by atoms with E-state index in [0.29, 0.717) is 13.0 Å². The van der Waals surface area contributed by atoms with E-state index in [-0.39, 0.29) is 28.9 Å². The summed E-state index contributed by atoms with van der Waals surface area (Å²) in [6.45, 7) is 3.03. The van der Waals surface area contributed by atoms with Gasteiger partial charge in [0.15, 0.2) is 18.9 Å². The molecule has 0 fully saturated rings. The van der Waals surface area contributed by atoms with Gasteiger partial charge in [0.05, 0.1) is 19.6 Å². The highest BCUT2D eigenvalue weighted by molar-refractivity contribution is 5.78. The Hall–Kier alpha value is -2.66. The third-order valence-corrected chi connectivity index (χ3v) is 4.95. The van der Waals surface area contributed by atoms with E-state index in [2.05, 4.69) is 22.8 Å². The van der Waals surface area contributed by atoms with Gasteiger partial charge in [-0.15, -0.1) is 0 Å². The van der Waals surface area contributed by atoms with Crippen LogP contribution in [-0.2, 0) is 22.5 Å². The van der Waals surface area contributed by atoms with Crippen LogP contribution in [0.5, 0.6) is 5.75 Å². The molecule has 5 heteroatoms. The van der Waals surface area contributed by atoms with E-state index >= 15 is 0 Å². The van der Waals surface area contributed by atoms with Crippen LogP contribution in [0.25, 0.3) is 0 Å². The third-order valence-electron chi connectivity index (χ3n) is 4.95. The molecule has 4 nitrogen and oxygen atoms in total. The number of nitrogens with zero attached hydrogens (tertiary/aromatic N) is 1. The van der Waals surface area contributed by atoms with Gasteiger partial charge in [0.2, 0.25) is 0 Å². The fourth-order valence-corrected chi connectivity index (χ4v) is 3.40. The first-order valence-electron chi connectivity index (χ1n) is 10.0. The minimum absolute atomic E-state index is 0. The second kappa shape index (κ2) is 12.1. The molecule has 1 heterocycles. The molecule has 0 N–H and O–H groups in total. The standard InChI is InChI=1S/C25H28NO3.BrH/c1-3-29-25(27)24(13-12-20-10-7-11-23(18-20)28-2)22-14-16-26(17-15-22)19-21-8-5-4-6-9-21;/h4-11,14-18,24H,3,12-13,19H2,1-2H3;1H/q+1;/p-1. The predicted molar refractivity (Wildman–Crippen MR) is 113 cm³/mol. The highest BCUT2D eigenvalue weighted by Crippen LogP contribution is 2.24. The van der Waals surface area contributed by atoms with E-state index in [4.69, 9.17) is 9.47 Å². The lowest BCUT2D eigenvalue weighted by Gasteiger charge is -2.16. The Bertz CT molecular complexity index is 913. The Balaban J connectivity index is 0.00000320. The molecule has 2 aromatic carbocycles. The van der Waals surface area contributed by atoms with E-state index < -0.39 is 0 Å². The van der Waals surface area contributed by atoms with E-state index in [0.717, 1.165) is 29.8 Å². The topological polar surface area (TPSA) is 39.4 Å². The number of esters is 1. The van der Waals surface area contributed by atoms with Crippen molar-refractivity contribution in [3.8, 4) is 5.75 Å². The van der Waals surface area contributed by atoms with Crippen LogP contribution in [0.1, 0.15) is 36.0 Å². The summed E-state index contributed by atoms with van der Waals surface area (Å²) in [7, 11) is 1.66. The van der Waals surface area contributed by atoms with Gasteiger partial charge < -0.3 is 26.5 Å². The van der Waals surface area contributed by atoms with Crippen molar-refractivity contribution >= 4 is 5.97 Å². The van der Waals surface area contributed by atoms with Crippen molar-refractivity contribution in [1.29, 1.82) is 0 Å². The number of aryl methyl sites for hydroxylation is 1. The summed E-state index contributed by atoms with van der Waals surface area (Å²) in [5, 5.41) is 0. The van der Waals surface area contributed by atoms with Gasteiger partial charge in [-0.05, 0) is 43.0 Å². The van der Waals surface area contributed by atoms with Gasteiger partial charge >= 0.3 is 5.97 Å². The van der Waals surface area contributed by atoms with Crippen LogP contribution < -0.4 is 26.3 Å². The summed E-state index contributed by atoms with van der Waals surface area (Å²) >= 11 is 0. The van der Waals surface area contributed by atoms with E-state index in [1.54, 1.807) is 7.11 Å². The molecule has 0 bridgehead atoms. The fraction of sp³-hybridized carbons (Fsp3) is 0.280. The molecule has 3 rings (SSSR count). The zero-order chi connectivity index (χ0) is 20.5. The van der Waals surface area contributed by atoms with Gasteiger partial charge in [0.25, 0.3) is 0 Å². The highest BCUT2D eigenvalue weighted by Gasteiger charge is 2.23. The van der Waals surface area contributed by atoms with Gasteiger partial charge in [-0.1, -0.05) is 42.5 Å². The molecule has 0 spiro atoms. The third kappa shape index (κ3) is 6.70. The number of methoxy groups -OCH3 is 1. The number of halogens is 1. The lowest BCUT2D eigenvalue weighted by molar-refractivity contribution is -0.688. The average Bonchev–Trinajstić information content (AvgIpc) is 2.76. The number of hydrogen-bond donors (Lipinski definition) is 0. The van der Waals surface area contributed by atoms with Crippen LogP contribution in [0.2, 0.25) is 0 Å². The molecule has 1 atom stereocenters. The highest BCUT2D eigenvalue weighted by atomic mass is 79.9. The Labute approximate surface area is 189 Å². The molecule has 1 aromatic heterocycles. The molecule has 0 aliphatic heterocycles. The number of pyridine rings is 1. The van der Waals surface area contributed by atoms with Crippen LogP contribution in [0.15, 0.2) is 79.1 Å². The van der Waals surface area contributed by atoms with Gasteiger partial charge in [0.1, 0.15) is 5.75 Å². The molecule has 3 aromatic rings. The number of carbonyl (C=O) groups is 1.